The molecule has 0 radical (unpaired) electrons. The van der Waals surface area contributed by atoms with Gasteiger partial charge in [-0.25, -0.2) is 0 Å². The van der Waals surface area contributed by atoms with Crippen molar-refractivity contribution < 1.29 is 0 Å². The Hall–Kier alpha value is -0.890. The third-order valence-electron chi connectivity index (χ3n) is 2.56. The van der Waals surface area contributed by atoms with Crippen molar-refractivity contribution in [2.75, 3.05) is 0 Å². The lowest BCUT2D eigenvalue weighted by molar-refractivity contribution is 0.823. The SMILES string of the molecule is CC(Br)CCc1cncc2ccccc12. The number of pyridine rings is 1. The maximum atomic E-state index is 4.28. The first kappa shape index (κ1) is 10.6. The summed E-state index contributed by atoms with van der Waals surface area (Å²) in [6.45, 7) is 2.18. The first-order valence-corrected chi connectivity index (χ1v) is 6.14. The molecule has 1 nitrogen and oxygen atoms in total. The van der Waals surface area contributed by atoms with E-state index in [0.717, 1.165) is 12.8 Å². The number of benzene rings is 1. The van der Waals surface area contributed by atoms with E-state index in [1.807, 2.05) is 12.4 Å². The van der Waals surface area contributed by atoms with Gasteiger partial charge in [0.25, 0.3) is 0 Å². The zero-order valence-electron chi connectivity index (χ0n) is 8.78. The van der Waals surface area contributed by atoms with E-state index >= 15 is 0 Å². The molecule has 0 spiro atoms. The van der Waals surface area contributed by atoms with Gasteiger partial charge in [0, 0.05) is 22.6 Å². The monoisotopic (exact) mass is 263 g/mol. The quantitative estimate of drug-likeness (QED) is 0.765. The molecule has 0 amide bonds. The fraction of sp³-hybridized carbons (Fsp3) is 0.308. The molecule has 1 heterocycles. The van der Waals surface area contributed by atoms with E-state index in [1.54, 1.807) is 0 Å². The molecular weight excluding hydrogens is 250 g/mol. The third-order valence-corrected chi connectivity index (χ3v) is 3.02. The molecule has 0 saturated carbocycles. The van der Waals surface area contributed by atoms with E-state index in [4.69, 9.17) is 0 Å². The van der Waals surface area contributed by atoms with Gasteiger partial charge in [0.2, 0.25) is 0 Å². The molecule has 1 atom stereocenters. The van der Waals surface area contributed by atoms with Crippen molar-refractivity contribution in [2.24, 2.45) is 0 Å². The number of fused-ring (bicyclic) bond motifs is 1. The molecule has 78 valence electrons. The van der Waals surface area contributed by atoms with Gasteiger partial charge in [-0.05, 0) is 23.8 Å². The summed E-state index contributed by atoms with van der Waals surface area (Å²) in [5.41, 5.74) is 1.35. The number of hydrogen-bond acceptors (Lipinski definition) is 1. The Morgan fingerprint density at radius 1 is 1.27 bits per heavy atom. The normalized spacial score (nSPS) is 12.9. The molecular formula is C13H14BrN. The van der Waals surface area contributed by atoms with Gasteiger partial charge in [0.1, 0.15) is 0 Å². The van der Waals surface area contributed by atoms with Crippen LogP contribution >= 0.6 is 15.9 Å². The van der Waals surface area contributed by atoms with Crippen LogP contribution < -0.4 is 0 Å². The number of alkyl halides is 1. The summed E-state index contributed by atoms with van der Waals surface area (Å²) < 4.78 is 0. The van der Waals surface area contributed by atoms with Crippen LogP contribution in [0.5, 0.6) is 0 Å². The van der Waals surface area contributed by atoms with Gasteiger partial charge in [0.15, 0.2) is 0 Å². The standard InChI is InChI=1S/C13H14BrN/c1-10(14)6-7-12-9-15-8-11-4-2-3-5-13(11)12/h2-5,8-10H,6-7H2,1H3. The van der Waals surface area contributed by atoms with E-state index in [0.29, 0.717) is 4.83 Å². The van der Waals surface area contributed by atoms with Crippen molar-refractivity contribution in [1.29, 1.82) is 0 Å². The Morgan fingerprint density at radius 3 is 2.87 bits per heavy atom. The Balaban J connectivity index is 2.34. The fourth-order valence-electron chi connectivity index (χ4n) is 1.73. The lowest BCUT2D eigenvalue weighted by Gasteiger charge is -2.06. The second-order valence-corrected chi connectivity index (χ2v) is 5.40. The van der Waals surface area contributed by atoms with Crippen LogP contribution in [0.3, 0.4) is 0 Å². The van der Waals surface area contributed by atoms with Gasteiger partial charge < -0.3 is 0 Å². The van der Waals surface area contributed by atoms with Gasteiger partial charge in [-0.3, -0.25) is 4.98 Å². The Bertz CT molecular complexity index is 446. The minimum Gasteiger partial charge on any atom is -0.264 e. The minimum atomic E-state index is 0.566. The highest BCUT2D eigenvalue weighted by molar-refractivity contribution is 9.09. The molecule has 15 heavy (non-hydrogen) atoms. The maximum Gasteiger partial charge on any atom is 0.0346 e. The molecule has 2 rings (SSSR count). The summed E-state index contributed by atoms with van der Waals surface area (Å²) in [5, 5.41) is 2.57. The Kier molecular flexibility index (Phi) is 3.37. The summed E-state index contributed by atoms with van der Waals surface area (Å²) >= 11 is 3.58. The number of hydrogen-bond donors (Lipinski definition) is 0. The van der Waals surface area contributed by atoms with E-state index in [2.05, 4.69) is 52.1 Å². The van der Waals surface area contributed by atoms with Gasteiger partial charge >= 0.3 is 0 Å². The molecule has 0 N–H and O–H groups in total. The number of nitrogens with zero attached hydrogens (tertiary/aromatic N) is 1. The van der Waals surface area contributed by atoms with Crippen LogP contribution in [0.15, 0.2) is 36.7 Å². The van der Waals surface area contributed by atoms with Crippen LogP contribution in [-0.4, -0.2) is 9.81 Å². The fourth-order valence-corrected chi connectivity index (χ4v) is 1.96. The first-order valence-electron chi connectivity index (χ1n) is 5.23. The number of aromatic nitrogens is 1. The summed E-state index contributed by atoms with van der Waals surface area (Å²) in [7, 11) is 0. The highest BCUT2D eigenvalue weighted by Crippen LogP contribution is 2.19. The van der Waals surface area contributed by atoms with Gasteiger partial charge in [-0.1, -0.05) is 47.1 Å². The highest BCUT2D eigenvalue weighted by Gasteiger charge is 2.02. The molecule has 1 unspecified atom stereocenters. The highest BCUT2D eigenvalue weighted by atomic mass is 79.9. The largest absolute Gasteiger partial charge is 0.264 e. The molecule has 0 saturated heterocycles. The van der Waals surface area contributed by atoms with Crippen molar-refractivity contribution in [1.82, 2.24) is 4.98 Å². The van der Waals surface area contributed by atoms with Crippen LogP contribution in [0.25, 0.3) is 10.8 Å². The molecule has 1 aromatic heterocycles. The maximum absolute atomic E-state index is 4.28. The average molecular weight is 264 g/mol. The van der Waals surface area contributed by atoms with E-state index in [-0.39, 0.29) is 0 Å². The summed E-state index contributed by atoms with van der Waals surface area (Å²) in [5.74, 6) is 0. The zero-order chi connectivity index (χ0) is 10.7. The Labute approximate surface area is 98.7 Å². The van der Waals surface area contributed by atoms with Crippen LogP contribution in [-0.2, 0) is 6.42 Å². The number of halogens is 1. The van der Waals surface area contributed by atoms with Gasteiger partial charge in [-0.15, -0.1) is 0 Å². The summed E-state index contributed by atoms with van der Waals surface area (Å²) in [6.07, 6.45) is 6.14. The topological polar surface area (TPSA) is 12.9 Å². The van der Waals surface area contributed by atoms with Crippen molar-refractivity contribution in [3.05, 3.63) is 42.2 Å². The van der Waals surface area contributed by atoms with Crippen molar-refractivity contribution in [3.8, 4) is 0 Å². The number of rotatable bonds is 3. The molecule has 0 aliphatic heterocycles. The second kappa shape index (κ2) is 4.75. The predicted octanol–water partition coefficient (Wildman–Crippen LogP) is 3.95. The molecule has 0 fully saturated rings. The minimum absolute atomic E-state index is 0.566. The van der Waals surface area contributed by atoms with Crippen molar-refractivity contribution in [3.63, 3.8) is 0 Å². The molecule has 2 heteroatoms. The van der Waals surface area contributed by atoms with Gasteiger partial charge in [0.05, 0.1) is 0 Å². The third kappa shape index (κ3) is 2.57. The smallest absolute Gasteiger partial charge is 0.0346 e. The number of aryl methyl sites for hydroxylation is 1. The average Bonchev–Trinajstić information content (AvgIpc) is 2.26. The lowest BCUT2D eigenvalue weighted by Crippen LogP contribution is -1.95. The van der Waals surface area contributed by atoms with Crippen LogP contribution in [0, 0.1) is 0 Å². The van der Waals surface area contributed by atoms with Crippen LogP contribution in [0.2, 0.25) is 0 Å². The van der Waals surface area contributed by atoms with Crippen molar-refractivity contribution in [2.45, 2.75) is 24.6 Å². The molecule has 2 aromatic rings. The molecule has 0 aliphatic carbocycles. The predicted molar refractivity (Wildman–Crippen MR) is 68.5 cm³/mol. The van der Waals surface area contributed by atoms with E-state index in [9.17, 15) is 0 Å². The lowest BCUT2D eigenvalue weighted by atomic mass is 10.0. The van der Waals surface area contributed by atoms with Crippen molar-refractivity contribution >= 4 is 26.7 Å². The zero-order valence-corrected chi connectivity index (χ0v) is 10.4. The molecule has 0 bridgehead atoms. The van der Waals surface area contributed by atoms with Crippen LogP contribution in [0.1, 0.15) is 18.9 Å². The van der Waals surface area contributed by atoms with E-state index in [1.165, 1.54) is 16.3 Å². The molecule has 0 aliphatic rings. The first-order chi connectivity index (χ1) is 7.27. The second-order valence-electron chi connectivity index (χ2n) is 3.84. The Morgan fingerprint density at radius 2 is 2.07 bits per heavy atom. The van der Waals surface area contributed by atoms with E-state index < -0.39 is 0 Å². The summed E-state index contributed by atoms with van der Waals surface area (Å²) in [6, 6.07) is 8.43. The van der Waals surface area contributed by atoms with Gasteiger partial charge in [-0.2, -0.15) is 0 Å². The molecule has 1 aromatic carbocycles. The summed E-state index contributed by atoms with van der Waals surface area (Å²) in [4.78, 5) is 4.84. The van der Waals surface area contributed by atoms with Crippen LogP contribution in [0.4, 0.5) is 0 Å².